The van der Waals surface area contributed by atoms with E-state index in [1.165, 1.54) is 225 Å². The van der Waals surface area contributed by atoms with Crippen LogP contribution in [0.15, 0.2) is 60.8 Å². The lowest BCUT2D eigenvalue weighted by molar-refractivity contribution is -0.131. The van der Waals surface area contributed by atoms with Crippen molar-refractivity contribution in [2.24, 2.45) is 0 Å². The number of carbonyl (C=O) groups excluding carboxylic acids is 1. The zero-order valence-electron chi connectivity index (χ0n) is 44.1. The predicted molar refractivity (Wildman–Crippen MR) is 291 cm³/mol. The van der Waals surface area contributed by atoms with Crippen molar-refractivity contribution in [3.8, 4) is 0 Å². The van der Waals surface area contributed by atoms with Gasteiger partial charge in [0.25, 0.3) is 0 Å². The number of carbonyl (C=O) groups is 1. The summed E-state index contributed by atoms with van der Waals surface area (Å²) in [4.78, 5) is 12.6. The highest BCUT2D eigenvalue weighted by atomic mass is 16.3. The second-order valence-electron chi connectivity index (χ2n) is 19.8. The largest absolute Gasteiger partial charge is 0.394 e. The molecular weight excluding hydrogens is 811 g/mol. The van der Waals surface area contributed by atoms with Crippen LogP contribution in [0.1, 0.15) is 296 Å². The zero-order valence-corrected chi connectivity index (χ0v) is 44.1. The van der Waals surface area contributed by atoms with Gasteiger partial charge in [-0.25, -0.2) is 0 Å². The third-order valence-corrected chi connectivity index (χ3v) is 13.3. The maximum absolute atomic E-state index is 12.6. The molecule has 5 nitrogen and oxygen atoms in total. The van der Waals surface area contributed by atoms with E-state index in [-0.39, 0.29) is 6.61 Å². The van der Waals surface area contributed by atoms with E-state index in [0.717, 1.165) is 51.4 Å². The molecule has 0 saturated heterocycles. The Balaban J connectivity index is 3.64. The van der Waals surface area contributed by atoms with Crippen LogP contribution in [0, 0.1) is 0 Å². The lowest BCUT2D eigenvalue weighted by Gasteiger charge is -2.21. The fraction of sp³-hybridized carbons (Fsp3) is 0.820. The number of aliphatic hydroxyl groups excluding tert-OH is 3. The minimum absolute atomic E-state index is 0.383. The molecule has 0 saturated carbocycles. The van der Waals surface area contributed by atoms with Crippen LogP contribution in [-0.4, -0.2) is 46.1 Å². The van der Waals surface area contributed by atoms with Gasteiger partial charge in [-0.2, -0.15) is 0 Å². The molecule has 0 spiro atoms. The van der Waals surface area contributed by atoms with Crippen molar-refractivity contribution in [2.45, 2.75) is 315 Å². The highest BCUT2D eigenvalue weighted by Crippen LogP contribution is 2.16. The molecule has 0 rings (SSSR count). The Morgan fingerprint density at radius 3 is 1.02 bits per heavy atom. The van der Waals surface area contributed by atoms with Crippen molar-refractivity contribution in [3.63, 3.8) is 0 Å². The molecule has 0 aliphatic heterocycles. The number of hydrogen-bond donors (Lipinski definition) is 4. The minimum atomic E-state index is -1.11. The molecule has 0 aromatic carbocycles. The van der Waals surface area contributed by atoms with Crippen LogP contribution in [0.5, 0.6) is 0 Å². The van der Waals surface area contributed by atoms with E-state index in [2.05, 4.69) is 67.8 Å². The standard InChI is InChI=1S/C61H113NO4/c1-3-5-7-9-11-13-15-17-19-21-23-25-27-29-30-31-32-34-36-38-40-42-44-46-48-50-52-54-56-60(65)61(66)62-58(57-63)59(64)55-53-51-49-47-45-43-41-39-37-35-33-28-26-24-22-20-18-16-14-12-10-8-6-4-2/h23,25,29-30,37,39,45,47,53,55,58-60,63-65H,3-22,24,26-28,31-36,38,40-44,46,48-52,54,56-57H2,1-2H3,(H,62,66)/b25-23-,30-29-,39-37+,47-45+,55-53+. The summed E-state index contributed by atoms with van der Waals surface area (Å²) < 4.78 is 0. The fourth-order valence-corrected chi connectivity index (χ4v) is 8.78. The SMILES string of the molecule is CCCCCCCCCCC/C=C\C/C=C\CCCCCCCCCCCCCCC(O)C(=O)NC(CO)C(O)/C=C/CC/C=C/CC/C=C/CCCCCCCCCCCCCCCC. The molecule has 0 heterocycles. The van der Waals surface area contributed by atoms with Crippen molar-refractivity contribution in [1.29, 1.82) is 0 Å². The smallest absolute Gasteiger partial charge is 0.249 e. The second kappa shape index (κ2) is 55.6. The van der Waals surface area contributed by atoms with E-state index >= 15 is 0 Å². The van der Waals surface area contributed by atoms with Gasteiger partial charge in [-0.1, -0.05) is 280 Å². The minimum Gasteiger partial charge on any atom is -0.394 e. The maximum atomic E-state index is 12.6. The Labute approximate surface area is 411 Å². The number of allylic oxidation sites excluding steroid dienone is 9. The lowest BCUT2D eigenvalue weighted by Crippen LogP contribution is -2.48. The van der Waals surface area contributed by atoms with Gasteiger partial charge in [0.05, 0.1) is 18.8 Å². The first-order valence-corrected chi connectivity index (χ1v) is 29.1. The lowest BCUT2D eigenvalue weighted by atomic mass is 10.0. The number of hydrogen-bond acceptors (Lipinski definition) is 4. The third kappa shape index (κ3) is 49.9. The van der Waals surface area contributed by atoms with Crippen molar-refractivity contribution < 1.29 is 20.1 Å². The Hall–Kier alpha value is -1.95. The van der Waals surface area contributed by atoms with Crippen LogP contribution in [0.4, 0.5) is 0 Å². The Bertz CT molecular complexity index is 1110. The van der Waals surface area contributed by atoms with Crippen molar-refractivity contribution in [2.75, 3.05) is 6.61 Å². The van der Waals surface area contributed by atoms with E-state index < -0.39 is 24.2 Å². The van der Waals surface area contributed by atoms with E-state index in [1.54, 1.807) is 6.08 Å². The first kappa shape index (κ1) is 64.0. The van der Waals surface area contributed by atoms with Crippen LogP contribution in [-0.2, 0) is 4.79 Å². The van der Waals surface area contributed by atoms with Crippen molar-refractivity contribution >= 4 is 5.91 Å². The molecule has 3 unspecified atom stereocenters. The summed E-state index contributed by atoms with van der Waals surface area (Å²) >= 11 is 0. The maximum Gasteiger partial charge on any atom is 0.249 e. The molecule has 1 amide bonds. The Morgan fingerprint density at radius 1 is 0.379 bits per heavy atom. The van der Waals surface area contributed by atoms with Crippen LogP contribution in [0.3, 0.4) is 0 Å². The molecule has 0 aromatic heterocycles. The van der Waals surface area contributed by atoms with Gasteiger partial charge in [-0.05, 0) is 77.0 Å². The van der Waals surface area contributed by atoms with Gasteiger partial charge in [0.2, 0.25) is 5.91 Å². The topological polar surface area (TPSA) is 89.8 Å². The van der Waals surface area contributed by atoms with Gasteiger partial charge in [0.15, 0.2) is 0 Å². The number of amides is 1. The first-order valence-electron chi connectivity index (χ1n) is 29.1. The molecule has 386 valence electrons. The van der Waals surface area contributed by atoms with Crippen molar-refractivity contribution in [3.05, 3.63) is 60.8 Å². The Kier molecular flexibility index (Phi) is 54.0. The van der Waals surface area contributed by atoms with E-state index in [1.807, 2.05) is 6.08 Å². The molecule has 0 fully saturated rings. The summed E-state index contributed by atoms with van der Waals surface area (Å²) in [5, 5.41) is 33.4. The molecule has 66 heavy (non-hydrogen) atoms. The molecule has 3 atom stereocenters. The van der Waals surface area contributed by atoms with Gasteiger partial charge in [-0.15, -0.1) is 0 Å². The predicted octanol–water partition coefficient (Wildman–Crippen LogP) is 18.2. The molecule has 5 heteroatoms. The molecule has 0 aliphatic carbocycles. The van der Waals surface area contributed by atoms with E-state index in [9.17, 15) is 20.1 Å². The van der Waals surface area contributed by atoms with Crippen LogP contribution in [0.2, 0.25) is 0 Å². The Morgan fingerprint density at radius 2 is 0.667 bits per heavy atom. The normalized spacial score (nSPS) is 13.7. The average molecular weight is 925 g/mol. The highest BCUT2D eigenvalue weighted by molar-refractivity contribution is 5.80. The second-order valence-corrected chi connectivity index (χ2v) is 19.8. The highest BCUT2D eigenvalue weighted by Gasteiger charge is 2.22. The third-order valence-electron chi connectivity index (χ3n) is 13.3. The van der Waals surface area contributed by atoms with Gasteiger partial charge < -0.3 is 20.6 Å². The van der Waals surface area contributed by atoms with Gasteiger partial charge in [0, 0.05) is 0 Å². The van der Waals surface area contributed by atoms with Gasteiger partial charge in [-0.3, -0.25) is 4.79 Å². The number of aliphatic hydroxyl groups is 3. The zero-order chi connectivity index (χ0) is 47.9. The van der Waals surface area contributed by atoms with Crippen LogP contribution < -0.4 is 5.32 Å². The number of unbranched alkanes of at least 4 members (excludes halogenated alkanes) is 37. The van der Waals surface area contributed by atoms with E-state index in [0.29, 0.717) is 6.42 Å². The first-order chi connectivity index (χ1) is 32.6. The van der Waals surface area contributed by atoms with Gasteiger partial charge >= 0.3 is 0 Å². The molecule has 4 N–H and O–H groups in total. The summed E-state index contributed by atoms with van der Waals surface area (Å²) in [7, 11) is 0. The summed E-state index contributed by atoms with van der Waals surface area (Å²) in [6.45, 7) is 4.19. The van der Waals surface area contributed by atoms with Crippen LogP contribution >= 0.6 is 0 Å². The van der Waals surface area contributed by atoms with Crippen molar-refractivity contribution in [1.82, 2.24) is 5.32 Å². The molecule has 0 bridgehead atoms. The van der Waals surface area contributed by atoms with Crippen LogP contribution in [0.25, 0.3) is 0 Å². The molecular formula is C61H113NO4. The molecule has 0 aliphatic rings. The summed E-state index contributed by atoms with van der Waals surface area (Å²) in [5.74, 6) is -0.517. The number of nitrogens with one attached hydrogen (secondary N) is 1. The van der Waals surface area contributed by atoms with E-state index in [4.69, 9.17) is 0 Å². The fourth-order valence-electron chi connectivity index (χ4n) is 8.78. The molecule has 0 radical (unpaired) electrons. The summed E-state index contributed by atoms with van der Waals surface area (Å²) in [5.41, 5.74) is 0. The average Bonchev–Trinajstić information content (AvgIpc) is 3.32. The summed E-state index contributed by atoms with van der Waals surface area (Å²) in [6.07, 6.45) is 75.9. The van der Waals surface area contributed by atoms with Gasteiger partial charge in [0.1, 0.15) is 6.10 Å². The molecule has 0 aromatic rings. The summed E-state index contributed by atoms with van der Waals surface area (Å²) in [6, 6.07) is -0.825. The monoisotopic (exact) mass is 924 g/mol. The number of rotatable bonds is 53. The quantitative estimate of drug-likeness (QED) is 0.0361.